The molecule has 1 aliphatic heterocycles. The van der Waals surface area contributed by atoms with Gasteiger partial charge in [-0.25, -0.2) is 8.42 Å². The van der Waals surface area contributed by atoms with Crippen LogP contribution in [-0.4, -0.2) is 26.8 Å². The highest BCUT2D eigenvalue weighted by atomic mass is 32.2. The maximum absolute atomic E-state index is 12.3. The van der Waals surface area contributed by atoms with Crippen molar-refractivity contribution < 1.29 is 8.42 Å². The second-order valence-electron chi connectivity index (χ2n) is 4.13. The van der Waals surface area contributed by atoms with E-state index >= 15 is 0 Å². The molecule has 1 saturated heterocycles. The Balaban J connectivity index is 2.27. The van der Waals surface area contributed by atoms with E-state index in [4.69, 9.17) is 5.26 Å². The number of nitrogens with zero attached hydrogens (tertiary/aromatic N) is 1. The molecule has 0 bridgehead atoms. The molecule has 0 spiro atoms. The minimum atomic E-state index is -3.24. The molecule has 0 aliphatic carbocycles. The Morgan fingerprint density at radius 1 is 1.18 bits per heavy atom. The van der Waals surface area contributed by atoms with Gasteiger partial charge >= 0.3 is 0 Å². The Labute approximate surface area is 101 Å². The summed E-state index contributed by atoms with van der Waals surface area (Å²) in [6.07, 6.45) is 1.31. The highest BCUT2D eigenvalue weighted by Gasteiger charge is 2.28. The minimum Gasteiger partial charge on any atom is -0.317 e. The van der Waals surface area contributed by atoms with Crippen LogP contribution in [0.25, 0.3) is 0 Å². The molecule has 0 saturated carbocycles. The van der Waals surface area contributed by atoms with Crippen LogP contribution in [0, 0.1) is 11.3 Å². The van der Waals surface area contributed by atoms with Crippen LogP contribution in [0.4, 0.5) is 0 Å². The maximum atomic E-state index is 12.3. The SMILES string of the molecule is N#Cc1ccc(S(=O)(=O)C2CCNCC2)cc1. The molecule has 1 fully saturated rings. The predicted octanol–water partition coefficient (Wildman–Crippen LogP) is 1.08. The smallest absolute Gasteiger partial charge is 0.181 e. The van der Waals surface area contributed by atoms with Gasteiger partial charge in [-0.2, -0.15) is 5.26 Å². The lowest BCUT2D eigenvalue weighted by molar-refractivity contribution is 0.496. The molecule has 0 atom stereocenters. The molecule has 1 aromatic rings. The molecule has 0 amide bonds. The summed E-state index contributed by atoms with van der Waals surface area (Å²) < 4.78 is 24.6. The number of sulfone groups is 1. The van der Waals surface area contributed by atoms with Crippen LogP contribution >= 0.6 is 0 Å². The molecule has 90 valence electrons. The number of nitriles is 1. The van der Waals surface area contributed by atoms with Crippen molar-refractivity contribution in [3.8, 4) is 6.07 Å². The van der Waals surface area contributed by atoms with Crippen LogP contribution in [-0.2, 0) is 9.84 Å². The number of nitrogens with one attached hydrogen (secondary N) is 1. The van der Waals surface area contributed by atoms with Gasteiger partial charge in [0.05, 0.1) is 21.8 Å². The summed E-state index contributed by atoms with van der Waals surface area (Å²) in [5.74, 6) is 0. The lowest BCUT2D eigenvalue weighted by Gasteiger charge is -2.22. The number of piperidine rings is 1. The van der Waals surface area contributed by atoms with Crippen LogP contribution in [0.3, 0.4) is 0 Å². The Hall–Kier alpha value is -1.38. The second-order valence-corrected chi connectivity index (χ2v) is 6.36. The van der Waals surface area contributed by atoms with E-state index in [0.717, 1.165) is 13.1 Å². The summed E-state index contributed by atoms with van der Waals surface area (Å²) in [6, 6.07) is 8.13. The Bertz CT molecular complexity index is 523. The highest BCUT2D eigenvalue weighted by Crippen LogP contribution is 2.22. The van der Waals surface area contributed by atoms with Crippen molar-refractivity contribution in [3.63, 3.8) is 0 Å². The lowest BCUT2D eigenvalue weighted by Crippen LogP contribution is -2.35. The molecule has 2 rings (SSSR count). The summed E-state index contributed by atoms with van der Waals surface area (Å²) in [5.41, 5.74) is 0.481. The van der Waals surface area contributed by atoms with Gasteiger partial charge in [0, 0.05) is 0 Å². The molecule has 1 N–H and O–H groups in total. The Morgan fingerprint density at radius 3 is 2.29 bits per heavy atom. The topological polar surface area (TPSA) is 70.0 Å². The van der Waals surface area contributed by atoms with Crippen molar-refractivity contribution in [2.45, 2.75) is 23.0 Å². The zero-order valence-corrected chi connectivity index (χ0v) is 10.2. The normalized spacial score (nSPS) is 17.6. The van der Waals surface area contributed by atoms with E-state index in [2.05, 4.69) is 5.32 Å². The first-order valence-electron chi connectivity index (χ1n) is 5.59. The fraction of sp³-hybridized carbons (Fsp3) is 0.417. The summed E-state index contributed by atoms with van der Waals surface area (Å²) >= 11 is 0. The molecule has 17 heavy (non-hydrogen) atoms. The average molecular weight is 250 g/mol. The fourth-order valence-electron chi connectivity index (χ4n) is 2.02. The monoisotopic (exact) mass is 250 g/mol. The summed E-state index contributed by atoms with van der Waals surface area (Å²) in [5, 5.41) is 11.5. The van der Waals surface area contributed by atoms with Crippen LogP contribution < -0.4 is 5.32 Å². The van der Waals surface area contributed by atoms with E-state index < -0.39 is 9.84 Å². The van der Waals surface area contributed by atoms with E-state index in [1.165, 1.54) is 12.1 Å². The van der Waals surface area contributed by atoms with Crippen LogP contribution in [0.5, 0.6) is 0 Å². The van der Waals surface area contributed by atoms with Crippen LogP contribution in [0.15, 0.2) is 29.2 Å². The van der Waals surface area contributed by atoms with Crippen LogP contribution in [0.1, 0.15) is 18.4 Å². The summed E-state index contributed by atoms with van der Waals surface area (Å²) in [7, 11) is -3.24. The van der Waals surface area contributed by atoms with Crippen molar-refractivity contribution in [2.24, 2.45) is 0 Å². The van der Waals surface area contributed by atoms with Gasteiger partial charge in [-0.1, -0.05) is 0 Å². The molecule has 1 aliphatic rings. The molecule has 1 aromatic carbocycles. The number of hydrogen-bond donors (Lipinski definition) is 1. The Kier molecular flexibility index (Phi) is 3.46. The van der Waals surface area contributed by atoms with E-state index in [-0.39, 0.29) is 5.25 Å². The zero-order valence-electron chi connectivity index (χ0n) is 9.39. The third kappa shape index (κ3) is 2.48. The third-order valence-corrected chi connectivity index (χ3v) is 5.32. The van der Waals surface area contributed by atoms with E-state index in [1.54, 1.807) is 12.1 Å². The van der Waals surface area contributed by atoms with Gasteiger partial charge in [0.25, 0.3) is 0 Å². The van der Waals surface area contributed by atoms with Crippen molar-refractivity contribution >= 4 is 9.84 Å². The molecule has 0 unspecified atom stereocenters. The summed E-state index contributed by atoms with van der Waals surface area (Å²) in [6.45, 7) is 1.50. The third-order valence-electron chi connectivity index (χ3n) is 3.04. The van der Waals surface area contributed by atoms with E-state index in [9.17, 15) is 8.42 Å². The van der Waals surface area contributed by atoms with Crippen molar-refractivity contribution in [2.75, 3.05) is 13.1 Å². The average Bonchev–Trinajstić information content (AvgIpc) is 2.40. The lowest BCUT2D eigenvalue weighted by atomic mass is 10.2. The van der Waals surface area contributed by atoms with E-state index in [1.807, 2.05) is 6.07 Å². The number of hydrogen-bond acceptors (Lipinski definition) is 4. The molecule has 4 nitrogen and oxygen atoms in total. The van der Waals surface area contributed by atoms with Gasteiger partial charge in [0.2, 0.25) is 0 Å². The van der Waals surface area contributed by atoms with E-state index in [0.29, 0.717) is 23.3 Å². The second kappa shape index (κ2) is 4.86. The first-order chi connectivity index (χ1) is 8.14. The molecule has 5 heteroatoms. The zero-order chi connectivity index (χ0) is 12.3. The quantitative estimate of drug-likeness (QED) is 0.852. The summed E-state index contributed by atoms with van der Waals surface area (Å²) in [4.78, 5) is 0.323. The molecular weight excluding hydrogens is 236 g/mol. The maximum Gasteiger partial charge on any atom is 0.181 e. The van der Waals surface area contributed by atoms with Gasteiger partial charge < -0.3 is 5.32 Å². The highest BCUT2D eigenvalue weighted by molar-refractivity contribution is 7.92. The van der Waals surface area contributed by atoms with Crippen molar-refractivity contribution in [1.29, 1.82) is 5.26 Å². The molecule has 1 heterocycles. The minimum absolute atomic E-state index is 0.295. The van der Waals surface area contributed by atoms with Gasteiger partial charge in [-0.05, 0) is 50.2 Å². The van der Waals surface area contributed by atoms with Crippen molar-refractivity contribution in [3.05, 3.63) is 29.8 Å². The molecular formula is C12H14N2O2S. The van der Waals surface area contributed by atoms with Gasteiger partial charge in [-0.15, -0.1) is 0 Å². The number of rotatable bonds is 2. The van der Waals surface area contributed by atoms with Crippen molar-refractivity contribution in [1.82, 2.24) is 5.32 Å². The fourth-order valence-corrected chi connectivity index (χ4v) is 3.77. The molecule has 0 radical (unpaired) electrons. The predicted molar refractivity (Wildman–Crippen MR) is 64.2 cm³/mol. The Morgan fingerprint density at radius 2 is 1.76 bits per heavy atom. The standard InChI is InChI=1S/C12H14N2O2S/c13-9-10-1-3-11(4-2-10)17(15,16)12-5-7-14-8-6-12/h1-4,12,14H,5-8H2. The van der Waals surface area contributed by atoms with Crippen LogP contribution in [0.2, 0.25) is 0 Å². The first kappa shape index (κ1) is 12.1. The largest absolute Gasteiger partial charge is 0.317 e. The number of benzene rings is 1. The first-order valence-corrected chi connectivity index (χ1v) is 7.14. The molecule has 0 aromatic heterocycles. The van der Waals surface area contributed by atoms with Gasteiger partial charge in [0.1, 0.15) is 0 Å². The van der Waals surface area contributed by atoms with Gasteiger partial charge in [0.15, 0.2) is 9.84 Å². The van der Waals surface area contributed by atoms with Gasteiger partial charge in [-0.3, -0.25) is 0 Å².